The molecule has 25 heavy (non-hydrogen) atoms. The summed E-state index contributed by atoms with van der Waals surface area (Å²) in [5.41, 5.74) is 2.47. The molecule has 3 aromatic rings. The Hall–Kier alpha value is -2.47. The van der Waals surface area contributed by atoms with E-state index >= 15 is 0 Å². The second-order valence-corrected chi connectivity index (χ2v) is 7.22. The van der Waals surface area contributed by atoms with Gasteiger partial charge < -0.3 is 10.2 Å². The summed E-state index contributed by atoms with van der Waals surface area (Å²) >= 11 is 1.56. The van der Waals surface area contributed by atoms with Crippen LogP contribution >= 0.6 is 11.3 Å². The van der Waals surface area contributed by atoms with Gasteiger partial charge in [0.25, 0.3) is 0 Å². The highest BCUT2D eigenvalue weighted by Crippen LogP contribution is 2.31. The van der Waals surface area contributed by atoms with Crippen molar-refractivity contribution in [3.8, 4) is 10.6 Å². The number of likely N-dealkylation sites (tertiary alicyclic amines) is 1. The maximum Gasteiger partial charge on any atom is 0.321 e. The average Bonchev–Trinajstić information content (AvgIpc) is 3.06. The highest BCUT2D eigenvalue weighted by Gasteiger charge is 2.16. The van der Waals surface area contributed by atoms with Crippen molar-refractivity contribution in [3.05, 3.63) is 48.3 Å². The molecule has 4 rings (SSSR count). The van der Waals surface area contributed by atoms with Gasteiger partial charge in [0.2, 0.25) is 0 Å². The molecule has 1 aliphatic heterocycles. The Morgan fingerprint density at radius 2 is 1.84 bits per heavy atom. The number of thiazole rings is 1. The van der Waals surface area contributed by atoms with Crippen molar-refractivity contribution < 1.29 is 9.18 Å². The minimum atomic E-state index is -0.257. The van der Waals surface area contributed by atoms with Gasteiger partial charge in [0.15, 0.2) is 0 Å². The summed E-state index contributed by atoms with van der Waals surface area (Å²) in [7, 11) is 0. The van der Waals surface area contributed by atoms with Crippen molar-refractivity contribution in [1.82, 2.24) is 9.88 Å². The Kier molecular flexibility index (Phi) is 4.36. The van der Waals surface area contributed by atoms with Gasteiger partial charge in [-0.25, -0.2) is 14.2 Å². The van der Waals surface area contributed by atoms with E-state index in [-0.39, 0.29) is 11.8 Å². The van der Waals surface area contributed by atoms with E-state index in [1.165, 1.54) is 18.6 Å². The van der Waals surface area contributed by atoms with Gasteiger partial charge in [-0.15, -0.1) is 11.3 Å². The highest BCUT2D eigenvalue weighted by atomic mass is 32.1. The number of carbonyl (C=O) groups excluding carboxylic acids is 1. The summed E-state index contributed by atoms with van der Waals surface area (Å²) < 4.78 is 14.1. The number of hydrogen-bond acceptors (Lipinski definition) is 3. The largest absolute Gasteiger partial charge is 0.325 e. The van der Waals surface area contributed by atoms with E-state index in [0.717, 1.165) is 52.4 Å². The van der Waals surface area contributed by atoms with Crippen LogP contribution in [0.25, 0.3) is 20.8 Å². The molecule has 0 saturated carbocycles. The lowest BCUT2D eigenvalue weighted by atomic mass is 10.1. The number of aromatic nitrogens is 1. The predicted molar refractivity (Wildman–Crippen MR) is 99.5 cm³/mol. The van der Waals surface area contributed by atoms with E-state index in [1.54, 1.807) is 23.5 Å². The van der Waals surface area contributed by atoms with Crippen molar-refractivity contribution in [2.45, 2.75) is 19.3 Å². The molecule has 1 fully saturated rings. The third-order valence-electron chi connectivity index (χ3n) is 4.37. The zero-order chi connectivity index (χ0) is 17.2. The maximum absolute atomic E-state index is 13.1. The number of amides is 2. The van der Waals surface area contributed by atoms with E-state index in [1.807, 2.05) is 23.1 Å². The van der Waals surface area contributed by atoms with E-state index in [4.69, 9.17) is 0 Å². The smallest absolute Gasteiger partial charge is 0.321 e. The van der Waals surface area contributed by atoms with Crippen molar-refractivity contribution >= 4 is 33.3 Å². The number of fused-ring (bicyclic) bond motifs is 1. The van der Waals surface area contributed by atoms with Crippen molar-refractivity contribution in [3.63, 3.8) is 0 Å². The van der Waals surface area contributed by atoms with Gasteiger partial charge in [-0.1, -0.05) is 0 Å². The van der Waals surface area contributed by atoms with Crippen LogP contribution in [0.15, 0.2) is 42.5 Å². The number of nitrogens with zero attached hydrogens (tertiary/aromatic N) is 2. The number of piperidine rings is 1. The Morgan fingerprint density at radius 3 is 2.60 bits per heavy atom. The fraction of sp³-hybridized carbons (Fsp3) is 0.263. The third-order valence-corrected chi connectivity index (χ3v) is 5.46. The normalized spacial score (nSPS) is 14.7. The maximum atomic E-state index is 13.1. The number of halogens is 1. The van der Waals surface area contributed by atoms with E-state index in [0.29, 0.717) is 0 Å². The van der Waals surface area contributed by atoms with Gasteiger partial charge in [-0.3, -0.25) is 0 Å². The van der Waals surface area contributed by atoms with Crippen LogP contribution in [0.3, 0.4) is 0 Å². The fourth-order valence-corrected chi connectivity index (χ4v) is 3.97. The third kappa shape index (κ3) is 3.49. The summed E-state index contributed by atoms with van der Waals surface area (Å²) in [4.78, 5) is 18.8. The molecule has 1 N–H and O–H groups in total. The van der Waals surface area contributed by atoms with Crippen molar-refractivity contribution in [2.75, 3.05) is 18.4 Å². The molecule has 2 aromatic carbocycles. The topological polar surface area (TPSA) is 45.2 Å². The zero-order valence-electron chi connectivity index (χ0n) is 13.7. The average molecular weight is 355 g/mol. The highest BCUT2D eigenvalue weighted by molar-refractivity contribution is 7.21. The molecule has 1 saturated heterocycles. The molecular weight excluding hydrogens is 337 g/mol. The van der Waals surface area contributed by atoms with Crippen LogP contribution in [-0.2, 0) is 0 Å². The molecule has 0 aliphatic carbocycles. The van der Waals surface area contributed by atoms with Crippen LogP contribution in [0.1, 0.15) is 19.3 Å². The number of nitrogens with one attached hydrogen (secondary N) is 1. The fourth-order valence-electron chi connectivity index (χ4n) is 3.02. The summed E-state index contributed by atoms with van der Waals surface area (Å²) in [5, 5.41) is 3.80. The van der Waals surface area contributed by atoms with E-state index in [2.05, 4.69) is 10.3 Å². The van der Waals surface area contributed by atoms with Crippen LogP contribution in [0.5, 0.6) is 0 Å². The number of urea groups is 1. The Balaban J connectivity index is 1.55. The predicted octanol–water partition coefficient (Wildman–Crippen LogP) is 5.12. The summed E-state index contributed by atoms with van der Waals surface area (Å²) in [6.45, 7) is 1.64. The number of benzene rings is 2. The second kappa shape index (κ2) is 6.80. The van der Waals surface area contributed by atoms with Gasteiger partial charge in [-0.05, 0) is 61.7 Å². The molecule has 2 amide bonds. The van der Waals surface area contributed by atoms with Gasteiger partial charge >= 0.3 is 6.03 Å². The molecule has 0 unspecified atom stereocenters. The summed E-state index contributed by atoms with van der Waals surface area (Å²) in [5.74, 6) is -0.257. The number of hydrogen-bond donors (Lipinski definition) is 1. The van der Waals surface area contributed by atoms with Crippen molar-refractivity contribution in [2.24, 2.45) is 0 Å². The number of rotatable bonds is 2. The Morgan fingerprint density at radius 1 is 1.08 bits per heavy atom. The quantitative estimate of drug-likeness (QED) is 0.693. The van der Waals surface area contributed by atoms with Crippen LogP contribution in [0, 0.1) is 5.82 Å². The first-order valence-electron chi connectivity index (χ1n) is 8.41. The Bertz CT molecular complexity index is 901. The molecule has 1 aromatic heterocycles. The Labute approximate surface area is 149 Å². The molecule has 0 spiro atoms. The van der Waals surface area contributed by atoms with Gasteiger partial charge in [0.1, 0.15) is 10.8 Å². The lowest BCUT2D eigenvalue weighted by Gasteiger charge is -2.26. The van der Waals surface area contributed by atoms with Gasteiger partial charge in [-0.2, -0.15) is 0 Å². The molecule has 6 heteroatoms. The summed E-state index contributed by atoms with van der Waals surface area (Å²) in [6, 6.07) is 12.0. The molecule has 0 bridgehead atoms. The second-order valence-electron chi connectivity index (χ2n) is 6.19. The molecule has 4 nitrogen and oxygen atoms in total. The SMILES string of the molecule is O=C(Nc1ccc2sc(-c3ccc(F)cc3)nc2c1)N1CCCCC1. The van der Waals surface area contributed by atoms with Crippen LogP contribution < -0.4 is 5.32 Å². The minimum absolute atomic E-state index is 0.0481. The monoisotopic (exact) mass is 355 g/mol. The summed E-state index contributed by atoms with van der Waals surface area (Å²) in [6.07, 6.45) is 3.33. The lowest BCUT2D eigenvalue weighted by Crippen LogP contribution is -2.38. The molecule has 2 heterocycles. The first kappa shape index (κ1) is 16.0. The standard InChI is InChI=1S/C19H18FN3OS/c20-14-6-4-13(5-7-14)18-22-16-12-15(8-9-17(16)25-18)21-19(24)23-10-2-1-3-11-23/h4-9,12H,1-3,10-11H2,(H,21,24). The van der Waals surface area contributed by atoms with Gasteiger partial charge in [0.05, 0.1) is 10.2 Å². The molecule has 0 radical (unpaired) electrons. The minimum Gasteiger partial charge on any atom is -0.325 e. The van der Waals surface area contributed by atoms with Crippen LogP contribution in [0.2, 0.25) is 0 Å². The van der Waals surface area contributed by atoms with Crippen molar-refractivity contribution in [1.29, 1.82) is 0 Å². The lowest BCUT2D eigenvalue weighted by molar-refractivity contribution is 0.200. The van der Waals surface area contributed by atoms with Gasteiger partial charge in [0, 0.05) is 24.3 Å². The first-order valence-corrected chi connectivity index (χ1v) is 9.23. The zero-order valence-corrected chi connectivity index (χ0v) is 14.5. The number of carbonyl (C=O) groups is 1. The molecule has 128 valence electrons. The van der Waals surface area contributed by atoms with Crippen LogP contribution in [-0.4, -0.2) is 29.0 Å². The molecular formula is C19H18FN3OS. The van der Waals surface area contributed by atoms with Crippen LogP contribution in [0.4, 0.5) is 14.9 Å². The first-order chi connectivity index (χ1) is 12.2. The van der Waals surface area contributed by atoms with E-state index < -0.39 is 0 Å². The number of anilines is 1. The molecule has 1 aliphatic rings. The van der Waals surface area contributed by atoms with E-state index in [9.17, 15) is 9.18 Å². The molecule has 0 atom stereocenters.